The Kier molecular flexibility index (Phi) is 11.5. The summed E-state index contributed by atoms with van der Waals surface area (Å²) >= 11 is 0. The number of hydrogen-bond donors (Lipinski definition) is 0. The highest BCUT2D eigenvalue weighted by atomic mass is 32.2. The Morgan fingerprint density at radius 3 is 1.93 bits per heavy atom. The van der Waals surface area contributed by atoms with Crippen molar-refractivity contribution in [2.75, 3.05) is 15.2 Å². The number of ether oxygens (including phenoxy) is 2. The van der Waals surface area contributed by atoms with E-state index in [2.05, 4.69) is 0 Å². The van der Waals surface area contributed by atoms with Crippen LogP contribution in [-0.2, 0) is 39.3 Å². The summed E-state index contributed by atoms with van der Waals surface area (Å²) < 4.78 is 110. The van der Waals surface area contributed by atoms with Crippen molar-refractivity contribution in [1.29, 1.82) is 0 Å². The Bertz CT molecular complexity index is 2450. The third kappa shape index (κ3) is 8.44. The van der Waals surface area contributed by atoms with Crippen LogP contribution in [0.1, 0.15) is 32.6 Å². The first-order chi connectivity index (χ1) is 26.4. The molecule has 0 aliphatic carbocycles. The highest BCUT2D eigenvalue weighted by Crippen LogP contribution is 2.34. The van der Waals surface area contributed by atoms with Crippen LogP contribution in [0.3, 0.4) is 0 Å². The maximum Gasteiger partial charge on any atom is 0.342 e. The molecular weight excluding hydrogens is 744 g/mol. The molecule has 14 heteroatoms. The third-order valence-electron chi connectivity index (χ3n) is 8.64. The van der Waals surface area contributed by atoms with Gasteiger partial charge in [-0.2, -0.15) is 0 Å². The standard InChI is InChI=1S/C41H31F5N2O6S/c1-26-36(42)38(44)40(39(45)37(26)43)48(46)55(51,52)25-35(49)47(22-30-17-10-16-29-15-8-9-18-32(29)30)31-19-20-33(41(50)54-24-28-13-6-3-7-14-28)34(21-31)53-23-27-11-4-2-5-12-27/h2-21H,22-25H2,1H3. The van der Waals surface area contributed by atoms with Crippen LogP contribution < -0.4 is 14.2 Å². The number of rotatable bonds is 13. The van der Waals surface area contributed by atoms with Gasteiger partial charge in [0.1, 0.15) is 24.5 Å². The molecule has 0 saturated carbocycles. The maximum atomic E-state index is 15.4. The summed E-state index contributed by atoms with van der Waals surface area (Å²) in [7, 11) is -5.65. The fraction of sp³-hybridized carbons (Fsp3) is 0.122. The Morgan fingerprint density at radius 2 is 1.27 bits per heavy atom. The summed E-state index contributed by atoms with van der Waals surface area (Å²) in [5.41, 5.74) is -1.43. The Hall–Kier alpha value is -6.28. The molecular formula is C41H31F5N2O6S. The van der Waals surface area contributed by atoms with Crippen molar-refractivity contribution < 1.29 is 49.5 Å². The average molecular weight is 775 g/mol. The average Bonchev–Trinajstić information content (AvgIpc) is 3.20. The molecule has 0 aliphatic rings. The third-order valence-corrected chi connectivity index (χ3v) is 9.92. The minimum absolute atomic E-state index is 0.0222. The molecule has 0 radical (unpaired) electrons. The summed E-state index contributed by atoms with van der Waals surface area (Å²) in [5, 5.41) is 1.45. The lowest BCUT2D eigenvalue weighted by atomic mass is 10.0. The number of nitrogens with zero attached hydrogens (tertiary/aromatic N) is 2. The number of hydrogen-bond acceptors (Lipinski definition) is 6. The van der Waals surface area contributed by atoms with E-state index >= 15 is 4.48 Å². The lowest BCUT2D eigenvalue weighted by Gasteiger charge is -2.26. The molecule has 0 spiro atoms. The van der Waals surface area contributed by atoms with Gasteiger partial charge in [0.25, 0.3) is 10.0 Å². The number of carbonyl (C=O) groups excluding carboxylic acids is 2. The van der Waals surface area contributed by atoms with Crippen LogP contribution in [0.2, 0.25) is 0 Å². The van der Waals surface area contributed by atoms with Crippen LogP contribution in [-0.4, -0.2) is 26.0 Å². The van der Waals surface area contributed by atoms with Gasteiger partial charge in [0, 0.05) is 17.3 Å². The molecule has 0 N–H and O–H groups in total. The van der Waals surface area contributed by atoms with Crippen LogP contribution in [0.5, 0.6) is 5.75 Å². The first kappa shape index (κ1) is 38.4. The first-order valence-corrected chi connectivity index (χ1v) is 18.3. The lowest BCUT2D eigenvalue weighted by Crippen LogP contribution is -2.39. The number of fused-ring (bicyclic) bond motifs is 1. The van der Waals surface area contributed by atoms with Crippen molar-refractivity contribution in [3.63, 3.8) is 0 Å². The van der Waals surface area contributed by atoms with E-state index in [9.17, 15) is 35.6 Å². The molecule has 6 aromatic rings. The van der Waals surface area contributed by atoms with Crippen LogP contribution in [0.15, 0.2) is 121 Å². The van der Waals surface area contributed by atoms with E-state index in [-0.39, 0.29) is 36.8 Å². The predicted molar refractivity (Wildman–Crippen MR) is 196 cm³/mol. The second kappa shape index (κ2) is 16.4. The molecule has 0 heterocycles. The van der Waals surface area contributed by atoms with Crippen molar-refractivity contribution in [3.8, 4) is 5.75 Å². The highest BCUT2D eigenvalue weighted by molar-refractivity contribution is 7.93. The second-order valence-electron chi connectivity index (χ2n) is 12.3. The van der Waals surface area contributed by atoms with Gasteiger partial charge in [-0.15, -0.1) is 0 Å². The number of amides is 1. The van der Waals surface area contributed by atoms with E-state index in [0.717, 1.165) is 15.8 Å². The smallest absolute Gasteiger partial charge is 0.342 e. The van der Waals surface area contributed by atoms with Crippen molar-refractivity contribution in [3.05, 3.63) is 172 Å². The number of carbonyl (C=O) groups is 2. The molecule has 0 aliphatic heterocycles. The maximum absolute atomic E-state index is 15.4. The van der Waals surface area contributed by atoms with Gasteiger partial charge in [-0.25, -0.2) is 30.8 Å². The summed E-state index contributed by atoms with van der Waals surface area (Å²) in [6.07, 6.45) is 0. The molecule has 0 saturated heterocycles. The van der Waals surface area contributed by atoms with Crippen LogP contribution in [0.4, 0.5) is 33.4 Å². The Balaban J connectivity index is 1.39. The summed E-state index contributed by atoms with van der Waals surface area (Å²) in [5.74, 6) is -12.5. The molecule has 1 amide bonds. The van der Waals surface area contributed by atoms with E-state index in [0.29, 0.717) is 23.4 Å². The molecule has 0 bridgehead atoms. The van der Waals surface area contributed by atoms with E-state index in [1.807, 2.05) is 12.1 Å². The van der Waals surface area contributed by atoms with Crippen molar-refractivity contribution >= 4 is 44.0 Å². The number of halogens is 5. The highest BCUT2D eigenvalue weighted by Gasteiger charge is 2.37. The second-order valence-corrected chi connectivity index (χ2v) is 14.1. The fourth-order valence-electron chi connectivity index (χ4n) is 5.74. The molecule has 0 unspecified atom stereocenters. The molecule has 0 fully saturated rings. The molecule has 6 aromatic carbocycles. The minimum atomic E-state index is -5.65. The molecule has 0 atom stereocenters. The van der Waals surface area contributed by atoms with Crippen molar-refractivity contribution in [2.24, 2.45) is 0 Å². The van der Waals surface area contributed by atoms with Gasteiger partial charge >= 0.3 is 5.97 Å². The zero-order valence-electron chi connectivity index (χ0n) is 29.0. The summed E-state index contributed by atoms with van der Waals surface area (Å²) in [6, 6.07) is 34.0. The van der Waals surface area contributed by atoms with Gasteiger partial charge in [0.15, 0.2) is 34.7 Å². The largest absolute Gasteiger partial charge is 0.488 e. The predicted octanol–water partition coefficient (Wildman–Crippen LogP) is 8.89. The zero-order chi connectivity index (χ0) is 39.3. The monoisotopic (exact) mass is 774 g/mol. The van der Waals surface area contributed by atoms with E-state index in [4.69, 9.17) is 9.47 Å². The zero-order valence-corrected chi connectivity index (χ0v) is 29.8. The van der Waals surface area contributed by atoms with Crippen LogP contribution >= 0.6 is 0 Å². The van der Waals surface area contributed by atoms with Crippen LogP contribution in [0, 0.1) is 30.2 Å². The number of benzene rings is 6. The fourth-order valence-corrected chi connectivity index (χ4v) is 6.76. The van der Waals surface area contributed by atoms with Crippen molar-refractivity contribution in [2.45, 2.75) is 26.7 Å². The van der Waals surface area contributed by atoms with E-state index in [1.165, 1.54) is 18.2 Å². The number of esters is 1. The number of sulfonamides is 1. The van der Waals surface area contributed by atoms with E-state index in [1.54, 1.807) is 91.0 Å². The van der Waals surface area contributed by atoms with Crippen LogP contribution in [0.25, 0.3) is 10.8 Å². The van der Waals surface area contributed by atoms with Gasteiger partial charge < -0.3 is 14.4 Å². The van der Waals surface area contributed by atoms with Crippen molar-refractivity contribution in [1.82, 2.24) is 0 Å². The summed E-state index contributed by atoms with van der Waals surface area (Å²) in [4.78, 5) is 28.4. The van der Waals surface area contributed by atoms with Gasteiger partial charge in [-0.1, -0.05) is 112 Å². The molecule has 6 rings (SSSR count). The molecule has 8 nitrogen and oxygen atoms in total. The first-order valence-electron chi connectivity index (χ1n) is 16.7. The van der Waals surface area contributed by atoms with E-state index < -0.39 is 66.7 Å². The van der Waals surface area contributed by atoms with Gasteiger partial charge in [-0.05, 0) is 46.5 Å². The lowest BCUT2D eigenvalue weighted by molar-refractivity contribution is -0.116. The normalized spacial score (nSPS) is 11.3. The SMILES string of the molecule is Cc1c(F)c(F)c(N(F)S(=O)(=O)CC(=O)N(Cc2cccc3ccccc23)c2ccc(C(=O)OCc3ccccc3)c(OCc3ccccc3)c2)c(F)c1F. The Labute approximate surface area is 312 Å². The topological polar surface area (TPSA) is 93.2 Å². The Morgan fingerprint density at radius 1 is 0.691 bits per heavy atom. The molecule has 0 aromatic heterocycles. The van der Waals surface area contributed by atoms with Gasteiger partial charge in [0.05, 0.1) is 6.54 Å². The molecule has 55 heavy (non-hydrogen) atoms. The number of anilines is 2. The van der Waals surface area contributed by atoms with Gasteiger partial charge in [-0.3, -0.25) is 4.79 Å². The quantitative estimate of drug-likeness (QED) is 0.0504. The van der Waals surface area contributed by atoms with Gasteiger partial charge in [0.2, 0.25) is 5.91 Å². The molecule has 282 valence electrons. The minimum Gasteiger partial charge on any atom is -0.488 e. The summed E-state index contributed by atoms with van der Waals surface area (Å²) in [6.45, 7) is 0.248.